The number of amides is 1. The number of carbonyl (C=O) groups excluding carboxylic acids is 1. The van der Waals surface area contributed by atoms with Gasteiger partial charge in [0.2, 0.25) is 11.7 Å². The van der Waals surface area contributed by atoms with Gasteiger partial charge in [0.05, 0.1) is 26.9 Å². The Morgan fingerprint density at radius 3 is 2.34 bits per heavy atom. The van der Waals surface area contributed by atoms with E-state index in [0.717, 1.165) is 0 Å². The molecule has 0 bridgehead atoms. The van der Waals surface area contributed by atoms with Crippen molar-refractivity contribution in [3.63, 3.8) is 0 Å². The van der Waals surface area contributed by atoms with Crippen LogP contribution in [-0.4, -0.2) is 42.0 Å². The number of ether oxygens (including phenoxy) is 3. The van der Waals surface area contributed by atoms with E-state index in [-0.39, 0.29) is 5.91 Å². The first-order chi connectivity index (χ1) is 15.5. The smallest absolute Gasteiger partial charge is 0.255 e. The van der Waals surface area contributed by atoms with Crippen LogP contribution in [0.4, 0.5) is 11.6 Å². The lowest BCUT2D eigenvalue weighted by molar-refractivity contribution is -0.113. The Labute approximate surface area is 190 Å². The minimum Gasteiger partial charge on any atom is -0.493 e. The number of halogens is 1. The molecular weight excluding hydrogens is 434 g/mol. The van der Waals surface area contributed by atoms with Gasteiger partial charge in [0.15, 0.2) is 11.5 Å². The minimum absolute atomic E-state index is 0.294. The third-order valence-corrected chi connectivity index (χ3v) is 5.40. The molecule has 9 nitrogen and oxygen atoms in total. The number of rotatable bonds is 6. The molecule has 1 atom stereocenters. The van der Waals surface area contributed by atoms with Gasteiger partial charge < -0.3 is 24.8 Å². The van der Waals surface area contributed by atoms with Gasteiger partial charge >= 0.3 is 0 Å². The Morgan fingerprint density at radius 1 is 1.09 bits per heavy atom. The first kappa shape index (κ1) is 21.5. The van der Waals surface area contributed by atoms with Crippen molar-refractivity contribution in [2.45, 2.75) is 13.0 Å². The number of benzene rings is 2. The fraction of sp³-hybridized carbons (Fsp3) is 0.227. The van der Waals surface area contributed by atoms with Crippen LogP contribution in [0.5, 0.6) is 17.2 Å². The maximum atomic E-state index is 13.4. The summed E-state index contributed by atoms with van der Waals surface area (Å²) < 4.78 is 18.1. The summed E-state index contributed by atoms with van der Waals surface area (Å²) in [6, 6.07) is 9.91. The average molecular weight is 456 g/mol. The summed E-state index contributed by atoms with van der Waals surface area (Å²) in [4.78, 5) is 17.7. The normalized spacial score (nSPS) is 15.0. The van der Waals surface area contributed by atoms with Gasteiger partial charge in [-0.05, 0) is 48.9 Å². The maximum Gasteiger partial charge on any atom is 0.255 e. The molecule has 166 valence electrons. The first-order valence-electron chi connectivity index (χ1n) is 9.71. The van der Waals surface area contributed by atoms with Gasteiger partial charge in [-0.1, -0.05) is 11.6 Å². The predicted octanol–water partition coefficient (Wildman–Crippen LogP) is 3.88. The van der Waals surface area contributed by atoms with E-state index in [1.54, 1.807) is 55.3 Å². The SMILES string of the molecule is COc1cc(C2C(C(=O)Nc3ccc(Cl)cc3)=C(C)Nc3ncnn32)cc(OC)c1OC. The second kappa shape index (κ2) is 8.80. The van der Waals surface area contributed by atoms with E-state index in [1.165, 1.54) is 13.4 Å². The third kappa shape index (κ3) is 3.82. The van der Waals surface area contributed by atoms with Crippen LogP contribution in [0.1, 0.15) is 18.5 Å². The number of hydrogen-bond donors (Lipinski definition) is 2. The molecule has 0 aliphatic carbocycles. The van der Waals surface area contributed by atoms with Crippen LogP contribution in [0.25, 0.3) is 0 Å². The van der Waals surface area contributed by atoms with Crippen molar-refractivity contribution in [1.29, 1.82) is 0 Å². The van der Waals surface area contributed by atoms with Crippen molar-refractivity contribution in [1.82, 2.24) is 14.8 Å². The molecule has 10 heteroatoms. The number of hydrogen-bond acceptors (Lipinski definition) is 7. The molecule has 2 heterocycles. The van der Waals surface area contributed by atoms with E-state index >= 15 is 0 Å². The van der Waals surface area contributed by atoms with Crippen molar-refractivity contribution in [2.75, 3.05) is 32.0 Å². The topological polar surface area (TPSA) is 99.5 Å². The number of carbonyl (C=O) groups is 1. The monoisotopic (exact) mass is 455 g/mol. The van der Waals surface area contributed by atoms with Crippen LogP contribution in [0, 0.1) is 0 Å². The first-order valence-corrected chi connectivity index (χ1v) is 10.1. The van der Waals surface area contributed by atoms with Crippen molar-refractivity contribution in [2.24, 2.45) is 0 Å². The fourth-order valence-corrected chi connectivity index (χ4v) is 3.81. The third-order valence-electron chi connectivity index (χ3n) is 5.14. The van der Waals surface area contributed by atoms with E-state index in [9.17, 15) is 4.79 Å². The molecule has 32 heavy (non-hydrogen) atoms. The average Bonchev–Trinajstić information content (AvgIpc) is 3.26. The number of allylic oxidation sites excluding steroid dienone is 1. The second-order valence-electron chi connectivity index (χ2n) is 7.01. The van der Waals surface area contributed by atoms with Gasteiger partial charge in [-0.2, -0.15) is 10.1 Å². The standard InChI is InChI=1S/C22H22ClN5O4/c1-12-18(21(29)27-15-7-5-14(23)6-8-15)19(28-22(26-12)24-11-25-28)13-9-16(30-2)20(32-4)17(10-13)31-3/h5-11,19H,1-4H3,(H,27,29)(H,24,25,26). The van der Waals surface area contributed by atoms with E-state index in [2.05, 4.69) is 20.7 Å². The molecule has 3 aromatic rings. The maximum absolute atomic E-state index is 13.4. The Hall–Kier alpha value is -3.72. The van der Waals surface area contributed by atoms with E-state index in [4.69, 9.17) is 25.8 Å². The van der Waals surface area contributed by atoms with Crippen LogP contribution >= 0.6 is 11.6 Å². The van der Waals surface area contributed by atoms with Crippen molar-refractivity contribution in [3.8, 4) is 17.2 Å². The fourth-order valence-electron chi connectivity index (χ4n) is 3.68. The molecule has 1 aliphatic rings. The Morgan fingerprint density at radius 2 is 1.75 bits per heavy atom. The Kier molecular flexibility index (Phi) is 5.91. The molecule has 1 amide bonds. The van der Waals surface area contributed by atoms with Gasteiger partial charge in [-0.25, -0.2) is 4.68 Å². The van der Waals surface area contributed by atoms with Crippen molar-refractivity contribution >= 4 is 29.1 Å². The molecule has 1 aliphatic heterocycles. The summed E-state index contributed by atoms with van der Waals surface area (Å²) in [6.07, 6.45) is 1.43. The molecule has 2 aromatic carbocycles. The van der Waals surface area contributed by atoms with Crippen molar-refractivity contribution in [3.05, 3.63) is 64.6 Å². The molecule has 1 unspecified atom stereocenters. The second-order valence-corrected chi connectivity index (χ2v) is 7.45. The highest BCUT2D eigenvalue weighted by Gasteiger charge is 2.34. The number of aromatic nitrogens is 3. The molecule has 0 radical (unpaired) electrons. The van der Waals surface area contributed by atoms with Crippen LogP contribution in [0.2, 0.25) is 5.02 Å². The van der Waals surface area contributed by atoms with E-state index < -0.39 is 6.04 Å². The number of nitrogens with one attached hydrogen (secondary N) is 2. The molecular formula is C22H22ClN5O4. The Bertz CT molecular complexity index is 1160. The molecule has 2 N–H and O–H groups in total. The predicted molar refractivity (Wildman–Crippen MR) is 121 cm³/mol. The zero-order chi connectivity index (χ0) is 22.8. The summed E-state index contributed by atoms with van der Waals surface area (Å²) in [6.45, 7) is 1.82. The van der Waals surface area contributed by atoms with Crippen LogP contribution < -0.4 is 24.8 Å². The number of nitrogens with zero attached hydrogens (tertiary/aromatic N) is 3. The Balaban J connectivity index is 1.82. The summed E-state index contributed by atoms with van der Waals surface area (Å²) >= 11 is 5.96. The number of anilines is 2. The molecule has 0 saturated heterocycles. The quantitative estimate of drug-likeness (QED) is 0.581. The number of fused-ring (bicyclic) bond motifs is 1. The molecule has 0 spiro atoms. The lowest BCUT2D eigenvalue weighted by atomic mass is 9.94. The van der Waals surface area contributed by atoms with Crippen molar-refractivity contribution < 1.29 is 19.0 Å². The van der Waals surface area contributed by atoms with Gasteiger partial charge in [-0.3, -0.25) is 4.79 Å². The summed E-state index contributed by atoms with van der Waals surface area (Å²) in [5.41, 5.74) is 2.45. The van der Waals surface area contributed by atoms with Crippen LogP contribution in [-0.2, 0) is 4.79 Å². The summed E-state index contributed by atoms with van der Waals surface area (Å²) in [7, 11) is 4.62. The summed E-state index contributed by atoms with van der Waals surface area (Å²) in [5, 5.41) is 11.0. The molecule has 1 aromatic heterocycles. The zero-order valence-corrected chi connectivity index (χ0v) is 18.7. The minimum atomic E-state index is -0.588. The molecule has 4 rings (SSSR count). The van der Waals surface area contributed by atoms with Crippen LogP contribution in [0.3, 0.4) is 0 Å². The highest BCUT2D eigenvalue weighted by Crippen LogP contribution is 2.43. The van der Waals surface area contributed by atoms with E-state index in [0.29, 0.717) is 50.7 Å². The van der Waals surface area contributed by atoms with Gasteiger partial charge in [0.1, 0.15) is 12.4 Å². The zero-order valence-electron chi connectivity index (χ0n) is 18.0. The lowest BCUT2D eigenvalue weighted by Crippen LogP contribution is -2.31. The highest BCUT2D eigenvalue weighted by molar-refractivity contribution is 6.30. The highest BCUT2D eigenvalue weighted by atomic mass is 35.5. The van der Waals surface area contributed by atoms with Gasteiger partial charge in [0, 0.05) is 16.4 Å². The largest absolute Gasteiger partial charge is 0.493 e. The lowest BCUT2D eigenvalue weighted by Gasteiger charge is -2.29. The van der Waals surface area contributed by atoms with Gasteiger partial charge in [0.25, 0.3) is 5.91 Å². The molecule has 0 saturated carbocycles. The van der Waals surface area contributed by atoms with E-state index in [1.807, 2.05) is 6.92 Å². The number of methoxy groups -OCH3 is 3. The molecule has 0 fully saturated rings. The van der Waals surface area contributed by atoms with Gasteiger partial charge in [-0.15, -0.1) is 0 Å². The summed E-state index contributed by atoms with van der Waals surface area (Å²) in [5.74, 6) is 1.62. The van der Waals surface area contributed by atoms with Crippen LogP contribution in [0.15, 0.2) is 54.0 Å².